The summed E-state index contributed by atoms with van der Waals surface area (Å²) in [5.74, 6) is -0.222. The zero-order valence-electron chi connectivity index (χ0n) is 19.3. The van der Waals surface area contributed by atoms with Gasteiger partial charge in [0.1, 0.15) is 28.7 Å². The van der Waals surface area contributed by atoms with Crippen LogP contribution >= 0.6 is 23.4 Å². The number of hydrogen-bond acceptors (Lipinski definition) is 6. The fraction of sp³-hybridized carbons (Fsp3) is 0.143. The number of para-hydroxylation sites is 1. The molecule has 1 aliphatic rings. The SMILES string of the molecule is CCOC(=O)C1=C(O)/C(=C/c2ccc(OCc3cccc(C)c3)c(Cl)c2)SC1=Nc1ccccc1. The number of aliphatic hydroxyl groups is 1. The minimum absolute atomic E-state index is 0.0520. The molecule has 0 fully saturated rings. The lowest BCUT2D eigenvalue weighted by molar-refractivity contribution is -0.138. The first-order chi connectivity index (χ1) is 16.9. The largest absolute Gasteiger partial charge is 0.506 e. The highest BCUT2D eigenvalue weighted by atomic mass is 35.5. The van der Waals surface area contributed by atoms with E-state index in [9.17, 15) is 9.90 Å². The highest BCUT2D eigenvalue weighted by molar-refractivity contribution is 8.18. The predicted octanol–water partition coefficient (Wildman–Crippen LogP) is 7.42. The number of aliphatic hydroxyl groups excluding tert-OH is 1. The van der Waals surface area contributed by atoms with E-state index in [0.717, 1.165) is 11.1 Å². The van der Waals surface area contributed by atoms with E-state index in [0.29, 0.717) is 33.0 Å². The van der Waals surface area contributed by atoms with Crippen LogP contribution in [0.2, 0.25) is 5.02 Å². The summed E-state index contributed by atoms with van der Waals surface area (Å²) in [4.78, 5) is 17.6. The van der Waals surface area contributed by atoms with Gasteiger partial charge in [-0.1, -0.05) is 77.5 Å². The molecular weight excluding hydrogens is 482 g/mol. The second kappa shape index (κ2) is 11.3. The molecule has 1 N–H and O–H groups in total. The first-order valence-electron chi connectivity index (χ1n) is 11.1. The maximum absolute atomic E-state index is 12.6. The van der Waals surface area contributed by atoms with Crippen molar-refractivity contribution < 1.29 is 19.4 Å². The summed E-state index contributed by atoms with van der Waals surface area (Å²) >= 11 is 7.67. The highest BCUT2D eigenvalue weighted by Crippen LogP contribution is 2.40. The van der Waals surface area contributed by atoms with Gasteiger partial charge in [0.2, 0.25) is 0 Å². The van der Waals surface area contributed by atoms with Crippen LogP contribution in [-0.4, -0.2) is 22.7 Å². The molecule has 178 valence electrons. The molecular formula is C28H24ClNO4S. The van der Waals surface area contributed by atoms with Gasteiger partial charge < -0.3 is 14.6 Å². The summed E-state index contributed by atoms with van der Waals surface area (Å²) in [6.07, 6.45) is 1.75. The number of carbonyl (C=O) groups excluding carboxylic acids is 1. The number of esters is 1. The Bertz CT molecular complexity index is 1330. The zero-order chi connectivity index (χ0) is 24.8. The van der Waals surface area contributed by atoms with E-state index in [1.807, 2.05) is 61.5 Å². The van der Waals surface area contributed by atoms with Gasteiger partial charge in [-0.05, 0) is 55.3 Å². The van der Waals surface area contributed by atoms with E-state index in [4.69, 9.17) is 21.1 Å². The summed E-state index contributed by atoms with van der Waals surface area (Å²) < 4.78 is 11.0. The predicted molar refractivity (Wildman–Crippen MR) is 142 cm³/mol. The molecule has 3 aromatic rings. The third-order valence-corrected chi connectivity index (χ3v) is 6.40. The van der Waals surface area contributed by atoms with E-state index in [2.05, 4.69) is 11.1 Å². The summed E-state index contributed by atoms with van der Waals surface area (Å²) in [5, 5.41) is 11.7. The molecule has 7 heteroatoms. The Labute approximate surface area is 213 Å². The molecule has 0 saturated carbocycles. The molecule has 1 heterocycles. The number of hydrogen-bond donors (Lipinski definition) is 1. The quantitative estimate of drug-likeness (QED) is 0.338. The molecule has 0 saturated heterocycles. The number of aryl methyl sites for hydroxylation is 1. The third-order valence-electron chi connectivity index (χ3n) is 5.09. The summed E-state index contributed by atoms with van der Waals surface area (Å²) in [6, 6.07) is 22.7. The van der Waals surface area contributed by atoms with Crippen molar-refractivity contribution in [1.82, 2.24) is 0 Å². The van der Waals surface area contributed by atoms with Crippen LogP contribution in [0.4, 0.5) is 5.69 Å². The second-order valence-corrected chi connectivity index (χ2v) is 9.21. The Morgan fingerprint density at radius 3 is 2.60 bits per heavy atom. The monoisotopic (exact) mass is 505 g/mol. The van der Waals surface area contributed by atoms with Crippen LogP contribution in [0.25, 0.3) is 6.08 Å². The molecule has 0 unspecified atom stereocenters. The second-order valence-electron chi connectivity index (χ2n) is 7.77. The van der Waals surface area contributed by atoms with E-state index in [-0.39, 0.29) is 17.9 Å². The number of nitrogens with zero attached hydrogens (tertiary/aromatic N) is 1. The average Bonchev–Trinajstić information content (AvgIpc) is 3.13. The third kappa shape index (κ3) is 6.15. The van der Waals surface area contributed by atoms with Crippen LogP contribution in [0, 0.1) is 6.92 Å². The maximum atomic E-state index is 12.6. The number of rotatable bonds is 7. The molecule has 0 bridgehead atoms. The lowest BCUT2D eigenvalue weighted by Gasteiger charge is -2.09. The summed E-state index contributed by atoms with van der Waals surface area (Å²) in [6.45, 7) is 4.35. The molecule has 1 aliphatic heterocycles. The van der Waals surface area contributed by atoms with E-state index in [1.165, 1.54) is 17.3 Å². The van der Waals surface area contributed by atoms with Gasteiger partial charge in [-0.3, -0.25) is 0 Å². The van der Waals surface area contributed by atoms with Crippen molar-refractivity contribution in [3.05, 3.63) is 111 Å². The molecule has 0 amide bonds. The lowest BCUT2D eigenvalue weighted by atomic mass is 10.1. The van der Waals surface area contributed by atoms with E-state index in [1.54, 1.807) is 25.1 Å². The first kappa shape index (κ1) is 24.6. The number of aliphatic imine (C=N–C) groups is 1. The minimum atomic E-state index is -0.617. The number of carbonyl (C=O) groups is 1. The molecule has 0 aliphatic carbocycles. The van der Waals surface area contributed by atoms with Crippen molar-refractivity contribution in [3.63, 3.8) is 0 Å². The zero-order valence-corrected chi connectivity index (χ0v) is 20.9. The Kier molecular flexibility index (Phi) is 7.95. The Morgan fingerprint density at radius 1 is 1.09 bits per heavy atom. The van der Waals surface area contributed by atoms with Gasteiger partial charge in [0.15, 0.2) is 0 Å². The van der Waals surface area contributed by atoms with Crippen molar-refractivity contribution in [1.29, 1.82) is 0 Å². The fourth-order valence-electron chi connectivity index (χ4n) is 3.45. The average molecular weight is 506 g/mol. The van der Waals surface area contributed by atoms with Crippen LogP contribution in [0.3, 0.4) is 0 Å². The molecule has 0 radical (unpaired) electrons. The normalized spacial score (nSPS) is 15.6. The smallest absolute Gasteiger partial charge is 0.344 e. The first-order valence-corrected chi connectivity index (χ1v) is 12.3. The topological polar surface area (TPSA) is 68.1 Å². The number of thioether (sulfide) groups is 1. The molecule has 5 nitrogen and oxygen atoms in total. The molecule has 0 atom stereocenters. The van der Waals surface area contributed by atoms with Crippen molar-refractivity contribution in [3.8, 4) is 5.75 Å². The molecule has 3 aromatic carbocycles. The van der Waals surface area contributed by atoms with Crippen LogP contribution < -0.4 is 4.74 Å². The van der Waals surface area contributed by atoms with Crippen LogP contribution in [0.15, 0.2) is 94.0 Å². The standard InChI is InChI=1S/C28H24ClNO4S/c1-3-33-28(32)25-26(31)24(35-27(25)30-21-10-5-4-6-11-21)16-19-12-13-23(22(29)15-19)34-17-20-9-7-8-18(2)14-20/h4-16,31H,3,17H2,1-2H3/b24-16-,30-27?. The molecule has 0 aromatic heterocycles. The summed E-state index contributed by atoms with van der Waals surface area (Å²) in [7, 11) is 0. The number of ether oxygens (including phenoxy) is 2. The van der Waals surface area contributed by atoms with Gasteiger partial charge in [-0.25, -0.2) is 9.79 Å². The van der Waals surface area contributed by atoms with Crippen LogP contribution in [0.1, 0.15) is 23.6 Å². The van der Waals surface area contributed by atoms with Crippen LogP contribution in [0.5, 0.6) is 5.75 Å². The van der Waals surface area contributed by atoms with Crippen LogP contribution in [-0.2, 0) is 16.1 Å². The lowest BCUT2D eigenvalue weighted by Crippen LogP contribution is -2.12. The summed E-state index contributed by atoms with van der Waals surface area (Å²) in [5.41, 5.74) is 3.69. The molecule has 35 heavy (non-hydrogen) atoms. The van der Waals surface area contributed by atoms with E-state index < -0.39 is 5.97 Å². The minimum Gasteiger partial charge on any atom is -0.506 e. The number of benzene rings is 3. The van der Waals surface area contributed by atoms with Gasteiger partial charge in [0, 0.05) is 0 Å². The molecule has 4 rings (SSSR count). The van der Waals surface area contributed by atoms with Gasteiger partial charge in [0.05, 0.1) is 22.2 Å². The van der Waals surface area contributed by atoms with Gasteiger partial charge in [-0.15, -0.1) is 0 Å². The Balaban J connectivity index is 1.58. The van der Waals surface area contributed by atoms with Crippen molar-refractivity contribution in [2.75, 3.05) is 6.61 Å². The van der Waals surface area contributed by atoms with Crippen molar-refractivity contribution in [2.24, 2.45) is 4.99 Å². The fourth-order valence-corrected chi connectivity index (χ4v) is 4.73. The van der Waals surface area contributed by atoms with Gasteiger partial charge in [0.25, 0.3) is 0 Å². The van der Waals surface area contributed by atoms with Crippen molar-refractivity contribution in [2.45, 2.75) is 20.5 Å². The number of halogens is 1. The maximum Gasteiger partial charge on any atom is 0.344 e. The van der Waals surface area contributed by atoms with Gasteiger partial charge in [-0.2, -0.15) is 0 Å². The van der Waals surface area contributed by atoms with Crippen molar-refractivity contribution >= 4 is 46.1 Å². The van der Waals surface area contributed by atoms with E-state index >= 15 is 0 Å². The Hall–Kier alpha value is -3.48. The highest BCUT2D eigenvalue weighted by Gasteiger charge is 2.33. The van der Waals surface area contributed by atoms with Gasteiger partial charge >= 0.3 is 5.97 Å². The Morgan fingerprint density at radius 2 is 1.89 bits per heavy atom. The molecule has 0 spiro atoms.